The molecule has 0 aromatic rings. The van der Waals surface area contributed by atoms with E-state index >= 15 is 0 Å². The summed E-state index contributed by atoms with van der Waals surface area (Å²) in [5.41, 5.74) is 0. The number of phosphoric ester groups is 2. The summed E-state index contributed by atoms with van der Waals surface area (Å²) in [5.74, 6) is 0.0857. The third-order valence-corrected chi connectivity index (χ3v) is 16.8. The van der Waals surface area contributed by atoms with Crippen LogP contribution in [0.1, 0.15) is 299 Å². The number of carbonyl (C=O) groups excluding carboxylic acids is 4. The normalized spacial score (nSPS) is 15.1. The lowest BCUT2D eigenvalue weighted by atomic mass is 10.00. The van der Waals surface area contributed by atoms with Crippen LogP contribution in [0.5, 0.6) is 0 Å². The third-order valence-electron chi connectivity index (χ3n) is 14.9. The summed E-state index contributed by atoms with van der Waals surface area (Å²) < 4.78 is 67.7. The zero-order valence-corrected chi connectivity index (χ0v) is 54.0. The van der Waals surface area contributed by atoms with E-state index in [1.165, 1.54) is 96.3 Å². The third kappa shape index (κ3) is 54.5. The standard InChI is InChI=1S/C62H120O17P2/c1-8-11-12-26-36-43-59(64)72-49-57(79-62(67)46-39-32-25-23-29-35-42-55(7)10-3)51-76-80(68,69)74-47-56(63)48-75-81(70,71)77-52-58(50-73-60(65)44-37-30-24-22-28-34-41-54(6)9-2)78-61(66)45-38-31-21-19-17-15-13-14-16-18-20-27-33-40-53(4)5/h53-58,63H,8-52H2,1-7H3,(H,68,69)(H,70,71)/t54?,55?,56-,57+,58+/m0/s1. The van der Waals surface area contributed by atoms with Gasteiger partial charge in [0.2, 0.25) is 0 Å². The summed E-state index contributed by atoms with van der Waals surface area (Å²) in [6.07, 6.45) is 33.9. The van der Waals surface area contributed by atoms with Crippen molar-refractivity contribution in [1.82, 2.24) is 0 Å². The molecule has 4 unspecified atom stereocenters. The minimum atomic E-state index is -4.94. The van der Waals surface area contributed by atoms with Gasteiger partial charge in [-0.1, -0.05) is 248 Å². The van der Waals surface area contributed by atoms with E-state index in [0.717, 1.165) is 120 Å². The van der Waals surface area contributed by atoms with E-state index in [1.54, 1.807) is 0 Å². The van der Waals surface area contributed by atoms with Crippen molar-refractivity contribution in [3.05, 3.63) is 0 Å². The van der Waals surface area contributed by atoms with Crippen LogP contribution in [-0.4, -0.2) is 96.7 Å². The highest BCUT2D eigenvalue weighted by Gasteiger charge is 2.30. The summed E-state index contributed by atoms with van der Waals surface area (Å²) in [5, 5.41) is 10.5. The molecule has 17 nitrogen and oxygen atoms in total. The van der Waals surface area contributed by atoms with Gasteiger partial charge >= 0.3 is 39.5 Å². The molecular formula is C62H120O17P2. The van der Waals surface area contributed by atoms with Crippen molar-refractivity contribution >= 4 is 39.5 Å². The molecule has 480 valence electrons. The van der Waals surface area contributed by atoms with Gasteiger partial charge in [0, 0.05) is 25.7 Å². The van der Waals surface area contributed by atoms with Gasteiger partial charge in [-0.25, -0.2) is 9.13 Å². The number of hydrogen-bond acceptors (Lipinski definition) is 15. The van der Waals surface area contributed by atoms with Gasteiger partial charge in [0.1, 0.15) is 19.3 Å². The second-order valence-corrected chi connectivity index (χ2v) is 26.3. The predicted octanol–water partition coefficient (Wildman–Crippen LogP) is 16.7. The summed E-state index contributed by atoms with van der Waals surface area (Å²) in [7, 11) is -9.88. The molecule has 0 spiro atoms. The Kier molecular flexibility index (Phi) is 52.2. The maximum Gasteiger partial charge on any atom is 0.472 e. The summed E-state index contributed by atoms with van der Waals surface area (Å²) in [6.45, 7) is 11.6. The van der Waals surface area contributed by atoms with Gasteiger partial charge in [0.25, 0.3) is 0 Å². The molecule has 0 aliphatic heterocycles. The summed E-state index contributed by atoms with van der Waals surface area (Å²) >= 11 is 0. The van der Waals surface area contributed by atoms with E-state index in [2.05, 4.69) is 48.5 Å². The number of ether oxygens (including phenoxy) is 4. The highest BCUT2D eigenvalue weighted by Crippen LogP contribution is 2.45. The lowest BCUT2D eigenvalue weighted by molar-refractivity contribution is -0.161. The van der Waals surface area contributed by atoms with Crippen molar-refractivity contribution in [3.63, 3.8) is 0 Å². The zero-order chi connectivity index (χ0) is 60.3. The number of carbonyl (C=O) groups is 4. The first-order valence-electron chi connectivity index (χ1n) is 32.4. The molecule has 0 aliphatic rings. The predicted molar refractivity (Wildman–Crippen MR) is 321 cm³/mol. The van der Waals surface area contributed by atoms with Crippen molar-refractivity contribution in [2.45, 2.75) is 317 Å². The van der Waals surface area contributed by atoms with Crippen LogP contribution in [0.4, 0.5) is 0 Å². The molecule has 0 heterocycles. The van der Waals surface area contributed by atoms with Gasteiger partial charge in [-0.05, 0) is 43.4 Å². The molecule has 0 saturated carbocycles. The Labute approximate surface area is 492 Å². The highest BCUT2D eigenvalue weighted by atomic mass is 31.2. The van der Waals surface area contributed by atoms with Crippen molar-refractivity contribution in [2.75, 3.05) is 39.6 Å². The first kappa shape index (κ1) is 79.1. The number of aliphatic hydroxyl groups is 1. The van der Waals surface area contributed by atoms with Crippen molar-refractivity contribution in [1.29, 1.82) is 0 Å². The highest BCUT2D eigenvalue weighted by molar-refractivity contribution is 7.47. The first-order valence-corrected chi connectivity index (χ1v) is 35.4. The van der Waals surface area contributed by atoms with E-state index in [0.29, 0.717) is 25.7 Å². The molecule has 81 heavy (non-hydrogen) atoms. The van der Waals surface area contributed by atoms with Gasteiger partial charge in [0.05, 0.1) is 26.4 Å². The number of unbranched alkanes of at least 4 members (excludes halogenated alkanes) is 26. The van der Waals surface area contributed by atoms with Gasteiger partial charge in [-0.3, -0.25) is 37.3 Å². The van der Waals surface area contributed by atoms with E-state index in [1.807, 2.05) is 0 Å². The molecule has 3 N–H and O–H groups in total. The molecule has 0 aliphatic carbocycles. The Balaban J connectivity index is 5.18. The van der Waals surface area contributed by atoms with Crippen molar-refractivity contribution in [3.8, 4) is 0 Å². The Morgan fingerprint density at radius 2 is 0.630 bits per heavy atom. The lowest BCUT2D eigenvalue weighted by Gasteiger charge is -2.21. The van der Waals surface area contributed by atoms with Crippen LogP contribution in [0.2, 0.25) is 0 Å². The minimum Gasteiger partial charge on any atom is -0.462 e. The number of hydrogen-bond donors (Lipinski definition) is 3. The van der Waals surface area contributed by atoms with Crippen LogP contribution in [0.25, 0.3) is 0 Å². The van der Waals surface area contributed by atoms with E-state index in [4.69, 9.17) is 37.0 Å². The maximum atomic E-state index is 12.9. The SMILES string of the molecule is CCCCCCCC(=O)OC[C@H](COP(=O)(O)OC[C@H](O)COP(=O)(O)OC[C@@H](COC(=O)CCCCCCCCC(C)CC)OC(=O)CCCCCCCCCCCCCCCC(C)C)OC(=O)CCCCCCCCC(C)CC. The molecule has 19 heteroatoms. The monoisotopic (exact) mass is 1200 g/mol. The fourth-order valence-corrected chi connectivity index (χ4v) is 10.6. The van der Waals surface area contributed by atoms with Crippen molar-refractivity contribution < 1.29 is 80.2 Å². The number of phosphoric acid groups is 2. The quantitative estimate of drug-likeness (QED) is 0.0222. The molecule has 0 fully saturated rings. The topological polar surface area (TPSA) is 237 Å². The lowest BCUT2D eigenvalue weighted by Crippen LogP contribution is -2.30. The second kappa shape index (κ2) is 53.5. The average Bonchev–Trinajstić information content (AvgIpc) is 3.43. The molecule has 0 saturated heterocycles. The summed E-state index contributed by atoms with van der Waals surface area (Å²) in [6, 6.07) is 0. The second-order valence-electron chi connectivity index (χ2n) is 23.4. The van der Waals surface area contributed by atoms with E-state index in [-0.39, 0.29) is 25.7 Å². The van der Waals surface area contributed by atoms with Gasteiger partial charge in [0.15, 0.2) is 12.2 Å². The first-order chi connectivity index (χ1) is 38.8. The Morgan fingerprint density at radius 1 is 0.358 bits per heavy atom. The molecule has 0 amide bonds. The molecule has 7 atom stereocenters. The van der Waals surface area contributed by atoms with Gasteiger partial charge in [-0.15, -0.1) is 0 Å². The molecule has 0 bridgehead atoms. The maximum absolute atomic E-state index is 12.9. The van der Waals surface area contributed by atoms with Gasteiger partial charge < -0.3 is 33.8 Å². The van der Waals surface area contributed by atoms with Crippen LogP contribution in [0.15, 0.2) is 0 Å². The fraction of sp³-hybridized carbons (Fsp3) is 0.935. The van der Waals surface area contributed by atoms with Crippen LogP contribution in [0, 0.1) is 17.8 Å². The number of rotatable bonds is 60. The molecule has 0 aromatic heterocycles. The molecule has 0 aromatic carbocycles. The number of esters is 4. The zero-order valence-electron chi connectivity index (χ0n) is 52.2. The van der Waals surface area contributed by atoms with Crippen LogP contribution >= 0.6 is 15.6 Å². The van der Waals surface area contributed by atoms with Crippen LogP contribution in [0.3, 0.4) is 0 Å². The molecule has 0 radical (unpaired) electrons. The molecule has 0 rings (SSSR count). The minimum absolute atomic E-state index is 0.101. The van der Waals surface area contributed by atoms with Crippen LogP contribution in [-0.2, 0) is 65.4 Å². The van der Waals surface area contributed by atoms with E-state index < -0.39 is 97.5 Å². The van der Waals surface area contributed by atoms with Crippen LogP contribution < -0.4 is 0 Å². The largest absolute Gasteiger partial charge is 0.472 e. The molecular weight excluding hydrogens is 1080 g/mol. The number of aliphatic hydroxyl groups excluding tert-OH is 1. The Hall–Kier alpha value is -1.94. The Bertz CT molecular complexity index is 1620. The fourth-order valence-electron chi connectivity index (χ4n) is 9.06. The van der Waals surface area contributed by atoms with Gasteiger partial charge in [-0.2, -0.15) is 0 Å². The average molecular weight is 1200 g/mol. The smallest absolute Gasteiger partial charge is 0.462 e. The van der Waals surface area contributed by atoms with Crippen molar-refractivity contribution in [2.24, 2.45) is 17.8 Å². The van der Waals surface area contributed by atoms with E-state index in [9.17, 15) is 43.2 Å². The Morgan fingerprint density at radius 3 is 0.938 bits per heavy atom. The summed E-state index contributed by atoms with van der Waals surface area (Å²) in [4.78, 5) is 71.9.